The number of hydroxylamine groups is 2. The molecule has 0 aliphatic carbocycles. The number of hydrogen-bond donors (Lipinski definition) is 1. The lowest BCUT2D eigenvalue weighted by molar-refractivity contribution is -0.273. The van der Waals surface area contributed by atoms with Crippen LogP contribution in [0, 0.1) is 11.8 Å². The summed E-state index contributed by atoms with van der Waals surface area (Å²) in [6.07, 6.45) is -1.50. The van der Waals surface area contributed by atoms with E-state index in [4.69, 9.17) is 9.57 Å². The molecule has 0 bridgehead atoms. The summed E-state index contributed by atoms with van der Waals surface area (Å²) in [5, 5.41) is 13.0. The molecule has 0 unspecified atom stereocenters. The van der Waals surface area contributed by atoms with E-state index < -0.39 is 24.4 Å². The standard InChI is InChI=1S/C33H39N3O6/c1-21(2)16-17-34-19-29-35(28(31(34)38)18-23-12-14-26(37)15-13-23)32(39)30(22(3)4)42-36(29)33(40)41-20-25-10-7-9-24-8-5-6-11-27(24)25/h5-15,21-22,28-30,37H,16-20H2,1-4H3/t28-,29-,30-/m0/s1. The molecule has 0 spiro atoms. The van der Waals surface area contributed by atoms with E-state index in [1.54, 1.807) is 29.2 Å². The topological polar surface area (TPSA) is 99.6 Å². The van der Waals surface area contributed by atoms with Crippen molar-refractivity contribution in [2.45, 2.75) is 65.5 Å². The molecule has 222 valence electrons. The van der Waals surface area contributed by atoms with E-state index in [-0.39, 0.29) is 43.1 Å². The molecule has 9 heteroatoms. The Kier molecular flexibility index (Phi) is 8.68. The summed E-state index contributed by atoms with van der Waals surface area (Å²) in [5.74, 6) is -0.263. The van der Waals surface area contributed by atoms with Gasteiger partial charge < -0.3 is 19.6 Å². The molecular weight excluding hydrogens is 534 g/mol. The zero-order chi connectivity index (χ0) is 30.0. The van der Waals surface area contributed by atoms with Gasteiger partial charge in [0.2, 0.25) is 5.91 Å². The highest BCUT2D eigenvalue weighted by Crippen LogP contribution is 2.32. The van der Waals surface area contributed by atoms with Crippen molar-refractivity contribution in [1.29, 1.82) is 0 Å². The lowest BCUT2D eigenvalue weighted by Crippen LogP contribution is -2.74. The number of carbonyl (C=O) groups is 3. The van der Waals surface area contributed by atoms with Crippen LogP contribution in [0.25, 0.3) is 10.8 Å². The first-order chi connectivity index (χ1) is 20.1. The number of nitrogens with zero attached hydrogens (tertiary/aromatic N) is 3. The number of phenolic OH excluding ortho intramolecular Hbond substituents is 1. The number of benzene rings is 3. The van der Waals surface area contributed by atoms with Gasteiger partial charge in [0.25, 0.3) is 5.91 Å². The summed E-state index contributed by atoms with van der Waals surface area (Å²) in [6.45, 7) is 8.51. The number of rotatable bonds is 8. The number of aromatic hydroxyl groups is 1. The minimum Gasteiger partial charge on any atom is -0.508 e. The van der Waals surface area contributed by atoms with Crippen LogP contribution in [-0.4, -0.2) is 69.3 Å². The molecule has 42 heavy (non-hydrogen) atoms. The zero-order valence-corrected chi connectivity index (χ0v) is 24.6. The van der Waals surface area contributed by atoms with E-state index in [1.807, 2.05) is 56.3 Å². The van der Waals surface area contributed by atoms with E-state index in [1.165, 1.54) is 4.90 Å². The van der Waals surface area contributed by atoms with Crippen LogP contribution in [0.15, 0.2) is 66.7 Å². The van der Waals surface area contributed by atoms with Crippen LogP contribution in [0.2, 0.25) is 0 Å². The second-order valence-electron chi connectivity index (χ2n) is 11.9. The second kappa shape index (κ2) is 12.4. The van der Waals surface area contributed by atoms with E-state index in [0.717, 1.165) is 33.4 Å². The molecule has 0 saturated carbocycles. The predicted octanol–water partition coefficient (Wildman–Crippen LogP) is 5.11. The summed E-state index contributed by atoms with van der Waals surface area (Å²) in [7, 11) is 0. The molecule has 9 nitrogen and oxygen atoms in total. The summed E-state index contributed by atoms with van der Waals surface area (Å²) in [6, 6.07) is 19.5. The predicted molar refractivity (Wildman–Crippen MR) is 158 cm³/mol. The first kappa shape index (κ1) is 29.4. The molecule has 3 amide bonds. The molecule has 2 aliphatic rings. The van der Waals surface area contributed by atoms with Crippen molar-refractivity contribution >= 4 is 28.7 Å². The minimum absolute atomic E-state index is 0.0278. The van der Waals surface area contributed by atoms with Crippen LogP contribution in [0.5, 0.6) is 5.75 Å². The van der Waals surface area contributed by atoms with Gasteiger partial charge in [0.1, 0.15) is 18.4 Å². The molecule has 2 fully saturated rings. The van der Waals surface area contributed by atoms with Crippen LogP contribution >= 0.6 is 0 Å². The average Bonchev–Trinajstić information content (AvgIpc) is 2.97. The van der Waals surface area contributed by atoms with Crippen LogP contribution < -0.4 is 0 Å². The summed E-state index contributed by atoms with van der Waals surface area (Å²) < 4.78 is 5.81. The zero-order valence-electron chi connectivity index (χ0n) is 24.6. The van der Waals surface area contributed by atoms with Crippen molar-refractivity contribution in [2.24, 2.45) is 11.8 Å². The maximum Gasteiger partial charge on any atom is 0.436 e. The van der Waals surface area contributed by atoms with Crippen molar-refractivity contribution in [3.63, 3.8) is 0 Å². The Morgan fingerprint density at radius 2 is 1.69 bits per heavy atom. The first-order valence-electron chi connectivity index (χ1n) is 14.6. The molecule has 3 aromatic carbocycles. The largest absolute Gasteiger partial charge is 0.508 e. The average molecular weight is 574 g/mol. The summed E-state index contributed by atoms with van der Waals surface area (Å²) in [5.41, 5.74) is 1.65. The van der Waals surface area contributed by atoms with Gasteiger partial charge in [-0.1, -0.05) is 82.3 Å². The van der Waals surface area contributed by atoms with Crippen molar-refractivity contribution in [3.8, 4) is 5.75 Å². The summed E-state index contributed by atoms with van der Waals surface area (Å²) >= 11 is 0. The number of hydrogen-bond acceptors (Lipinski definition) is 6. The van der Waals surface area contributed by atoms with Gasteiger partial charge >= 0.3 is 6.09 Å². The lowest BCUT2D eigenvalue weighted by atomic mass is 9.96. The first-order valence-corrected chi connectivity index (χ1v) is 14.6. The van der Waals surface area contributed by atoms with Crippen molar-refractivity contribution in [1.82, 2.24) is 14.9 Å². The fourth-order valence-corrected chi connectivity index (χ4v) is 5.63. The molecule has 2 heterocycles. The molecule has 0 radical (unpaired) electrons. The lowest BCUT2D eigenvalue weighted by Gasteiger charge is -2.53. The SMILES string of the molecule is CC(C)CCN1C[C@@H]2N(C(=O)OCc3cccc4ccccc34)O[C@@H](C(C)C)C(=O)N2[C@@H](Cc2ccc(O)cc2)C1=O. The molecule has 0 aromatic heterocycles. The number of phenols is 1. The summed E-state index contributed by atoms with van der Waals surface area (Å²) in [4.78, 5) is 50.8. The normalized spacial score (nSPS) is 20.9. The van der Waals surface area contributed by atoms with Gasteiger partial charge in [-0.2, -0.15) is 5.06 Å². The van der Waals surface area contributed by atoms with Crippen molar-refractivity contribution < 1.29 is 29.1 Å². The molecule has 2 aliphatic heterocycles. The van der Waals surface area contributed by atoms with E-state index >= 15 is 0 Å². The van der Waals surface area contributed by atoms with Crippen LogP contribution in [0.4, 0.5) is 4.79 Å². The Balaban J connectivity index is 1.46. The Labute approximate surface area is 246 Å². The van der Waals surface area contributed by atoms with Gasteiger partial charge in [0.05, 0.1) is 6.54 Å². The quantitative estimate of drug-likeness (QED) is 0.402. The van der Waals surface area contributed by atoms with Gasteiger partial charge in [-0.15, -0.1) is 0 Å². The number of amides is 3. The highest BCUT2D eigenvalue weighted by atomic mass is 16.7. The van der Waals surface area contributed by atoms with Gasteiger partial charge in [-0.3, -0.25) is 14.4 Å². The van der Waals surface area contributed by atoms with Crippen LogP contribution in [0.1, 0.15) is 45.2 Å². The number of piperazine rings is 1. The van der Waals surface area contributed by atoms with Crippen molar-refractivity contribution in [2.75, 3.05) is 13.1 Å². The smallest absolute Gasteiger partial charge is 0.436 e. The molecule has 5 rings (SSSR count). The number of fused-ring (bicyclic) bond motifs is 2. The molecular formula is C33H39N3O6. The fourth-order valence-electron chi connectivity index (χ4n) is 5.63. The third kappa shape index (κ3) is 6.06. The Bertz CT molecular complexity index is 1430. The molecule has 2 saturated heterocycles. The monoisotopic (exact) mass is 573 g/mol. The molecule has 3 aromatic rings. The second-order valence-corrected chi connectivity index (χ2v) is 11.9. The number of carbonyl (C=O) groups excluding carboxylic acids is 3. The van der Waals surface area contributed by atoms with E-state index in [0.29, 0.717) is 12.5 Å². The number of ether oxygens (including phenoxy) is 1. The van der Waals surface area contributed by atoms with Crippen LogP contribution in [0.3, 0.4) is 0 Å². The van der Waals surface area contributed by atoms with Gasteiger partial charge in [0, 0.05) is 13.0 Å². The third-order valence-electron chi connectivity index (χ3n) is 7.99. The van der Waals surface area contributed by atoms with Crippen LogP contribution in [-0.2, 0) is 32.2 Å². The van der Waals surface area contributed by atoms with Gasteiger partial charge in [-0.25, -0.2) is 4.79 Å². The van der Waals surface area contributed by atoms with Gasteiger partial charge in [-0.05, 0) is 52.3 Å². The van der Waals surface area contributed by atoms with Crippen molar-refractivity contribution in [3.05, 3.63) is 77.9 Å². The highest BCUT2D eigenvalue weighted by molar-refractivity contribution is 5.92. The maximum absolute atomic E-state index is 13.9. The minimum atomic E-state index is -0.955. The highest BCUT2D eigenvalue weighted by Gasteiger charge is 2.53. The van der Waals surface area contributed by atoms with E-state index in [9.17, 15) is 19.5 Å². The Morgan fingerprint density at radius 1 is 0.976 bits per heavy atom. The Morgan fingerprint density at radius 3 is 2.40 bits per heavy atom. The Hall–Kier alpha value is -4.11. The maximum atomic E-state index is 13.9. The third-order valence-corrected chi connectivity index (χ3v) is 7.99. The van der Waals surface area contributed by atoms with Gasteiger partial charge in [0.15, 0.2) is 12.3 Å². The van der Waals surface area contributed by atoms with E-state index in [2.05, 4.69) is 13.8 Å². The molecule has 1 N–H and O–H groups in total. The molecule has 3 atom stereocenters. The fraction of sp³-hybridized carbons (Fsp3) is 0.424.